The van der Waals surface area contributed by atoms with Gasteiger partial charge in [0, 0.05) is 25.6 Å². The minimum absolute atomic E-state index is 0.103. The van der Waals surface area contributed by atoms with Crippen molar-refractivity contribution >= 4 is 15.9 Å². The summed E-state index contributed by atoms with van der Waals surface area (Å²) in [6.07, 6.45) is 9.53. The van der Waals surface area contributed by atoms with Crippen LogP contribution in [0, 0.1) is 19.8 Å². The highest BCUT2D eigenvalue weighted by molar-refractivity contribution is 7.89. The number of likely N-dealkylation sites (tertiary alicyclic amines) is 1. The molecule has 0 unspecified atom stereocenters. The molecule has 0 spiro atoms. The molecule has 28 heavy (non-hydrogen) atoms. The lowest BCUT2D eigenvalue weighted by Gasteiger charge is -2.33. The first-order valence-corrected chi connectivity index (χ1v) is 12.2. The Labute approximate surface area is 169 Å². The summed E-state index contributed by atoms with van der Waals surface area (Å²) in [5.74, 6) is 0.959. The van der Waals surface area contributed by atoms with Crippen LogP contribution in [0.25, 0.3) is 0 Å². The third-order valence-electron chi connectivity index (χ3n) is 6.45. The van der Waals surface area contributed by atoms with Crippen molar-refractivity contribution in [2.75, 3.05) is 13.1 Å². The van der Waals surface area contributed by atoms with E-state index in [9.17, 15) is 13.2 Å². The molecule has 1 saturated heterocycles. The molecule has 1 aromatic rings. The average molecular weight is 407 g/mol. The van der Waals surface area contributed by atoms with Gasteiger partial charge < -0.3 is 4.90 Å². The summed E-state index contributed by atoms with van der Waals surface area (Å²) in [4.78, 5) is 14.8. The standard InChI is InChI=1S/C22H34N2O3S/c1-17-8-10-21(16-18(17)2)28(26,27)23-20-12-14-24(15-13-20)22(25)11-9-19-6-4-3-5-7-19/h8,10,16,19-20,23H,3-7,9,11-15H2,1-2H3. The Hall–Kier alpha value is -1.40. The quantitative estimate of drug-likeness (QED) is 0.778. The molecule has 5 nitrogen and oxygen atoms in total. The van der Waals surface area contributed by atoms with Gasteiger partial charge in [0.05, 0.1) is 4.90 Å². The first kappa shape index (κ1) is 21.3. The number of carbonyl (C=O) groups is 1. The SMILES string of the molecule is Cc1ccc(S(=O)(=O)NC2CCN(C(=O)CCC3CCCCC3)CC2)cc1C. The molecule has 1 saturated carbocycles. The second-order valence-electron chi connectivity index (χ2n) is 8.57. The van der Waals surface area contributed by atoms with Crippen LogP contribution in [0.15, 0.2) is 23.1 Å². The van der Waals surface area contributed by atoms with Crippen molar-refractivity contribution in [1.82, 2.24) is 9.62 Å². The van der Waals surface area contributed by atoms with Crippen LogP contribution in [0.2, 0.25) is 0 Å². The zero-order valence-corrected chi connectivity index (χ0v) is 18.1. The molecule has 2 aliphatic rings. The summed E-state index contributed by atoms with van der Waals surface area (Å²) >= 11 is 0. The number of hydrogen-bond donors (Lipinski definition) is 1. The van der Waals surface area contributed by atoms with Gasteiger partial charge >= 0.3 is 0 Å². The smallest absolute Gasteiger partial charge is 0.240 e. The summed E-state index contributed by atoms with van der Waals surface area (Å²) in [6.45, 7) is 5.18. The predicted octanol–water partition coefficient (Wildman–Crippen LogP) is 3.93. The maximum Gasteiger partial charge on any atom is 0.240 e. The van der Waals surface area contributed by atoms with E-state index in [1.807, 2.05) is 24.8 Å². The minimum Gasteiger partial charge on any atom is -0.343 e. The fraction of sp³-hybridized carbons (Fsp3) is 0.682. The van der Waals surface area contributed by atoms with Crippen molar-refractivity contribution in [3.05, 3.63) is 29.3 Å². The molecule has 1 aromatic carbocycles. The van der Waals surface area contributed by atoms with E-state index < -0.39 is 10.0 Å². The number of aryl methyl sites for hydroxylation is 2. The van der Waals surface area contributed by atoms with Crippen molar-refractivity contribution in [2.45, 2.75) is 82.6 Å². The molecular weight excluding hydrogens is 372 g/mol. The molecule has 0 radical (unpaired) electrons. The molecular formula is C22H34N2O3S. The van der Waals surface area contributed by atoms with Crippen molar-refractivity contribution in [3.63, 3.8) is 0 Å². The van der Waals surface area contributed by atoms with Crippen LogP contribution < -0.4 is 4.72 Å². The predicted molar refractivity (Wildman–Crippen MR) is 112 cm³/mol. The molecule has 6 heteroatoms. The summed E-state index contributed by atoms with van der Waals surface area (Å²) < 4.78 is 28.2. The van der Waals surface area contributed by atoms with Gasteiger partial charge in [-0.1, -0.05) is 38.2 Å². The van der Waals surface area contributed by atoms with E-state index in [-0.39, 0.29) is 11.9 Å². The maximum atomic E-state index is 12.7. The van der Waals surface area contributed by atoms with E-state index in [2.05, 4.69) is 4.72 Å². The van der Waals surface area contributed by atoms with Crippen LogP contribution in [0.5, 0.6) is 0 Å². The Morgan fingerprint density at radius 1 is 1.04 bits per heavy atom. The first-order chi connectivity index (χ1) is 13.3. The highest BCUT2D eigenvalue weighted by atomic mass is 32.2. The number of amides is 1. The van der Waals surface area contributed by atoms with Gasteiger partial charge in [0.15, 0.2) is 0 Å². The lowest BCUT2D eigenvalue weighted by Crippen LogP contribution is -2.46. The molecule has 156 valence electrons. The number of hydrogen-bond acceptors (Lipinski definition) is 3. The number of piperidine rings is 1. The molecule has 1 aliphatic heterocycles. The monoisotopic (exact) mass is 406 g/mol. The molecule has 1 amide bonds. The van der Waals surface area contributed by atoms with E-state index in [0.29, 0.717) is 37.2 Å². The molecule has 0 atom stereocenters. The normalized spacial score (nSPS) is 19.7. The number of benzene rings is 1. The molecule has 2 fully saturated rings. The van der Waals surface area contributed by atoms with Crippen LogP contribution >= 0.6 is 0 Å². The summed E-state index contributed by atoms with van der Waals surface area (Å²) in [6, 6.07) is 5.13. The van der Waals surface area contributed by atoms with Gasteiger partial charge in [0.25, 0.3) is 0 Å². The van der Waals surface area contributed by atoms with E-state index in [1.165, 1.54) is 32.1 Å². The first-order valence-electron chi connectivity index (χ1n) is 10.7. The number of sulfonamides is 1. The number of rotatable bonds is 6. The molecule has 1 N–H and O–H groups in total. The van der Waals surface area contributed by atoms with Crippen molar-refractivity contribution in [2.24, 2.45) is 5.92 Å². The lowest BCUT2D eigenvalue weighted by atomic mass is 9.86. The summed E-state index contributed by atoms with van der Waals surface area (Å²) in [7, 11) is -3.52. The Morgan fingerprint density at radius 2 is 1.71 bits per heavy atom. The van der Waals surface area contributed by atoms with Crippen LogP contribution in [-0.2, 0) is 14.8 Å². The second-order valence-corrected chi connectivity index (χ2v) is 10.3. The topological polar surface area (TPSA) is 66.5 Å². The van der Waals surface area contributed by atoms with Crippen molar-refractivity contribution in [1.29, 1.82) is 0 Å². The molecule has 1 heterocycles. The van der Waals surface area contributed by atoms with Crippen molar-refractivity contribution < 1.29 is 13.2 Å². The minimum atomic E-state index is -3.52. The maximum absolute atomic E-state index is 12.7. The van der Waals surface area contributed by atoms with Crippen LogP contribution in [0.1, 0.15) is 68.9 Å². The van der Waals surface area contributed by atoms with E-state index >= 15 is 0 Å². The molecule has 3 rings (SSSR count). The average Bonchev–Trinajstić information content (AvgIpc) is 2.69. The van der Waals surface area contributed by atoms with Gasteiger partial charge in [-0.15, -0.1) is 0 Å². The highest BCUT2D eigenvalue weighted by Gasteiger charge is 2.27. The van der Waals surface area contributed by atoms with Gasteiger partial charge in [-0.25, -0.2) is 13.1 Å². The van der Waals surface area contributed by atoms with Gasteiger partial charge in [0.1, 0.15) is 0 Å². The van der Waals surface area contributed by atoms with Gasteiger partial charge in [-0.2, -0.15) is 0 Å². The van der Waals surface area contributed by atoms with Crippen LogP contribution in [0.3, 0.4) is 0 Å². The van der Waals surface area contributed by atoms with Crippen LogP contribution in [0.4, 0.5) is 0 Å². The Morgan fingerprint density at radius 3 is 2.36 bits per heavy atom. The van der Waals surface area contributed by atoms with E-state index in [1.54, 1.807) is 12.1 Å². The fourth-order valence-electron chi connectivity index (χ4n) is 4.38. The summed E-state index contributed by atoms with van der Waals surface area (Å²) in [5.41, 5.74) is 2.06. The van der Waals surface area contributed by atoms with Gasteiger partial charge in [-0.05, 0) is 62.3 Å². The van der Waals surface area contributed by atoms with E-state index in [4.69, 9.17) is 0 Å². The Kier molecular flexibility index (Phi) is 7.15. The van der Waals surface area contributed by atoms with Gasteiger partial charge in [0.2, 0.25) is 15.9 Å². The Bertz CT molecular complexity index is 777. The molecule has 0 aromatic heterocycles. The molecule has 0 bridgehead atoms. The van der Waals surface area contributed by atoms with Crippen LogP contribution in [-0.4, -0.2) is 38.4 Å². The highest BCUT2D eigenvalue weighted by Crippen LogP contribution is 2.28. The number of nitrogens with zero attached hydrogens (tertiary/aromatic N) is 1. The molecule has 1 aliphatic carbocycles. The van der Waals surface area contributed by atoms with Gasteiger partial charge in [-0.3, -0.25) is 4.79 Å². The van der Waals surface area contributed by atoms with E-state index in [0.717, 1.165) is 23.5 Å². The number of nitrogens with one attached hydrogen (secondary N) is 1. The summed E-state index contributed by atoms with van der Waals surface area (Å²) in [5, 5.41) is 0. The lowest BCUT2D eigenvalue weighted by molar-refractivity contribution is -0.132. The third-order valence-corrected chi connectivity index (χ3v) is 7.97. The van der Waals surface area contributed by atoms with Crippen molar-refractivity contribution in [3.8, 4) is 0 Å². The Balaban J connectivity index is 1.46. The number of carbonyl (C=O) groups excluding carboxylic acids is 1. The third kappa shape index (κ3) is 5.57. The zero-order chi connectivity index (χ0) is 20.1. The largest absolute Gasteiger partial charge is 0.343 e. The second kappa shape index (κ2) is 9.40. The zero-order valence-electron chi connectivity index (χ0n) is 17.2. The fourth-order valence-corrected chi connectivity index (χ4v) is 5.77.